The molecule has 0 saturated heterocycles. The third kappa shape index (κ3) is 2.04. The van der Waals surface area contributed by atoms with Gasteiger partial charge in [-0.25, -0.2) is 0 Å². The fourth-order valence-electron chi connectivity index (χ4n) is 1.84. The van der Waals surface area contributed by atoms with Crippen LogP contribution in [0.1, 0.15) is 16.9 Å². The average Bonchev–Trinajstić information content (AvgIpc) is 2.35. The summed E-state index contributed by atoms with van der Waals surface area (Å²) in [6.45, 7) is 9.52. The van der Waals surface area contributed by atoms with Crippen LogP contribution in [0.3, 0.4) is 0 Å². The lowest BCUT2D eigenvalue weighted by molar-refractivity contribution is 0.360. The van der Waals surface area contributed by atoms with Crippen molar-refractivity contribution < 1.29 is 9.15 Å². The van der Waals surface area contributed by atoms with Gasteiger partial charge in [0.2, 0.25) is 0 Å². The molecule has 0 N–H and O–H groups in total. The Bertz CT molecular complexity index is 665. The standard InChI is InChI=1S/C15H16O3/c1-5-6-17-13-8-14-12(7-9(13)2)15(16)10(3)11(4)18-14/h5,7-8H,1,6H2,2-4H3. The minimum absolute atomic E-state index is 0.0205. The van der Waals surface area contributed by atoms with Crippen LogP contribution in [-0.2, 0) is 0 Å². The van der Waals surface area contributed by atoms with Gasteiger partial charge in [0, 0.05) is 11.6 Å². The molecule has 3 nitrogen and oxygen atoms in total. The first kappa shape index (κ1) is 12.4. The fraction of sp³-hybridized carbons (Fsp3) is 0.267. The number of aryl methyl sites for hydroxylation is 2. The van der Waals surface area contributed by atoms with Gasteiger partial charge >= 0.3 is 0 Å². The Kier molecular flexibility index (Phi) is 3.24. The van der Waals surface area contributed by atoms with Crippen LogP contribution in [0.5, 0.6) is 5.75 Å². The van der Waals surface area contributed by atoms with E-state index in [1.807, 2.05) is 13.0 Å². The predicted octanol–water partition coefficient (Wildman–Crippen LogP) is 3.28. The van der Waals surface area contributed by atoms with E-state index in [1.54, 1.807) is 26.0 Å². The second-order valence-electron chi connectivity index (χ2n) is 4.33. The molecule has 0 atom stereocenters. The smallest absolute Gasteiger partial charge is 0.195 e. The maximum atomic E-state index is 12.1. The van der Waals surface area contributed by atoms with Crippen molar-refractivity contribution in [2.45, 2.75) is 20.8 Å². The molecular formula is C15H16O3. The normalized spacial score (nSPS) is 10.6. The third-order valence-corrected chi connectivity index (χ3v) is 3.01. The Morgan fingerprint density at radius 1 is 1.33 bits per heavy atom. The highest BCUT2D eigenvalue weighted by Crippen LogP contribution is 2.25. The minimum atomic E-state index is 0.0205. The maximum Gasteiger partial charge on any atom is 0.195 e. The van der Waals surface area contributed by atoms with Gasteiger partial charge in [-0.3, -0.25) is 4.79 Å². The van der Waals surface area contributed by atoms with Crippen LogP contribution < -0.4 is 10.2 Å². The highest BCUT2D eigenvalue weighted by molar-refractivity contribution is 5.80. The minimum Gasteiger partial charge on any atom is -0.489 e. The lowest BCUT2D eigenvalue weighted by Crippen LogP contribution is -2.08. The van der Waals surface area contributed by atoms with Gasteiger partial charge in [0.1, 0.15) is 23.7 Å². The molecule has 0 bridgehead atoms. The van der Waals surface area contributed by atoms with E-state index in [9.17, 15) is 4.79 Å². The molecule has 18 heavy (non-hydrogen) atoms. The first-order valence-electron chi connectivity index (χ1n) is 5.83. The van der Waals surface area contributed by atoms with Crippen molar-refractivity contribution >= 4 is 11.0 Å². The van der Waals surface area contributed by atoms with Crippen LogP contribution in [0.2, 0.25) is 0 Å². The van der Waals surface area contributed by atoms with Crippen molar-refractivity contribution in [3.63, 3.8) is 0 Å². The number of hydrogen-bond donors (Lipinski definition) is 0. The summed E-state index contributed by atoms with van der Waals surface area (Å²) in [7, 11) is 0. The summed E-state index contributed by atoms with van der Waals surface area (Å²) in [6, 6.07) is 3.58. The third-order valence-electron chi connectivity index (χ3n) is 3.01. The van der Waals surface area contributed by atoms with Crippen LogP contribution >= 0.6 is 0 Å². The number of benzene rings is 1. The number of hydrogen-bond acceptors (Lipinski definition) is 3. The van der Waals surface area contributed by atoms with E-state index in [-0.39, 0.29) is 5.43 Å². The molecule has 0 spiro atoms. The van der Waals surface area contributed by atoms with Crippen LogP contribution in [0.15, 0.2) is 34.0 Å². The van der Waals surface area contributed by atoms with Gasteiger partial charge in [-0.1, -0.05) is 12.7 Å². The number of rotatable bonds is 3. The predicted molar refractivity (Wildman–Crippen MR) is 72.4 cm³/mol. The van der Waals surface area contributed by atoms with E-state index in [2.05, 4.69) is 6.58 Å². The van der Waals surface area contributed by atoms with Crippen LogP contribution in [0.25, 0.3) is 11.0 Å². The van der Waals surface area contributed by atoms with E-state index < -0.39 is 0 Å². The van der Waals surface area contributed by atoms with Crippen molar-refractivity contribution in [3.05, 3.63) is 51.9 Å². The van der Waals surface area contributed by atoms with Gasteiger partial charge in [-0.2, -0.15) is 0 Å². The van der Waals surface area contributed by atoms with E-state index in [0.29, 0.717) is 34.6 Å². The second kappa shape index (κ2) is 4.69. The Morgan fingerprint density at radius 2 is 2.06 bits per heavy atom. The van der Waals surface area contributed by atoms with Crippen LogP contribution in [0.4, 0.5) is 0 Å². The summed E-state index contributed by atoms with van der Waals surface area (Å²) in [5, 5.41) is 0.599. The van der Waals surface area contributed by atoms with E-state index >= 15 is 0 Å². The molecule has 1 aromatic carbocycles. The van der Waals surface area contributed by atoms with Crippen molar-refractivity contribution in [1.29, 1.82) is 0 Å². The van der Waals surface area contributed by atoms with E-state index in [4.69, 9.17) is 9.15 Å². The summed E-state index contributed by atoms with van der Waals surface area (Å²) >= 11 is 0. The van der Waals surface area contributed by atoms with Gasteiger partial charge < -0.3 is 9.15 Å². The Labute approximate surface area is 106 Å². The zero-order chi connectivity index (χ0) is 13.3. The van der Waals surface area contributed by atoms with Crippen molar-refractivity contribution in [2.75, 3.05) is 6.61 Å². The van der Waals surface area contributed by atoms with E-state index in [1.165, 1.54) is 0 Å². The molecule has 0 radical (unpaired) electrons. The van der Waals surface area contributed by atoms with Gasteiger partial charge in [-0.05, 0) is 32.4 Å². The summed E-state index contributed by atoms with van der Waals surface area (Å²) in [5.41, 5.74) is 2.15. The van der Waals surface area contributed by atoms with Crippen molar-refractivity contribution in [3.8, 4) is 5.75 Å². The van der Waals surface area contributed by atoms with Gasteiger partial charge in [0.15, 0.2) is 5.43 Å². The number of fused-ring (bicyclic) bond motifs is 1. The Balaban J connectivity index is 2.68. The summed E-state index contributed by atoms with van der Waals surface area (Å²) in [5.74, 6) is 1.36. The average molecular weight is 244 g/mol. The molecule has 0 saturated carbocycles. The summed E-state index contributed by atoms with van der Waals surface area (Å²) < 4.78 is 11.2. The molecule has 3 heteroatoms. The molecule has 0 aliphatic carbocycles. The van der Waals surface area contributed by atoms with E-state index in [0.717, 1.165) is 5.56 Å². The highest BCUT2D eigenvalue weighted by Gasteiger charge is 2.10. The fourth-order valence-corrected chi connectivity index (χ4v) is 1.84. The van der Waals surface area contributed by atoms with Gasteiger partial charge in [0.05, 0.1) is 5.39 Å². The van der Waals surface area contributed by atoms with Gasteiger partial charge in [-0.15, -0.1) is 0 Å². The molecule has 0 unspecified atom stereocenters. The number of ether oxygens (including phenoxy) is 1. The SMILES string of the molecule is C=CCOc1cc2oc(C)c(C)c(=O)c2cc1C. The zero-order valence-electron chi connectivity index (χ0n) is 10.9. The molecule has 1 aromatic heterocycles. The molecule has 94 valence electrons. The maximum absolute atomic E-state index is 12.1. The van der Waals surface area contributed by atoms with Gasteiger partial charge in [0.25, 0.3) is 0 Å². The summed E-state index contributed by atoms with van der Waals surface area (Å²) in [6.07, 6.45) is 1.68. The van der Waals surface area contributed by atoms with Crippen molar-refractivity contribution in [2.24, 2.45) is 0 Å². The van der Waals surface area contributed by atoms with Crippen LogP contribution in [0, 0.1) is 20.8 Å². The zero-order valence-corrected chi connectivity index (χ0v) is 10.9. The molecule has 2 rings (SSSR count). The quantitative estimate of drug-likeness (QED) is 0.778. The second-order valence-corrected chi connectivity index (χ2v) is 4.33. The first-order valence-corrected chi connectivity index (χ1v) is 5.83. The van der Waals surface area contributed by atoms with Crippen LogP contribution in [-0.4, -0.2) is 6.61 Å². The largest absolute Gasteiger partial charge is 0.489 e. The highest BCUT2D eigenvalue weighted by atomic mass is 16.5. The Morgan fingerprint density at radius 3 is 2.72 bits per heavy atom. The Hall–Kier alpha value is -2.03. The molecule has 0 aliphatic heterocycles. The molecule has 0 aliphatic rings. The lowest BCUT2D eigenvalue weighted by Gasteiger charge is -2.09. The van der Waals surface area contributed by atoms with Crippen molar-refractivity contribution in [1.82, 2.24) is 0 Å². The first-order chi connectivity index (χ1) is 8.54. The topological polar surface area (TPSA) is 39.4 Å². The molecular weight excluding hydrogens is 228 g/mol. The molecule has 2 aromatic rings. The monoisotopic (exact) mass is 244 g/mol. The molecule has 1 heterocycles. The molecule has 0 fully saturated rings. The molecule has 0 amide bonds. The summed E-state index contributed by atoms with van der Waals surface area (Å²) in [4.78, 5) is 12.1. The lowest BCUT2D eigenvalue weighted by atomic mass is 10.1.